The van der Waals surface area contributed by atoms with Gasteiger partial charge in [0.2, 0.25) is 0 Å². The Balaban J connectivity index is 1.77. The zero-order valence-electron chi connectivity index (χ0n) is 10.6. The van der Waals surface area contributed by atoms with Crippen LogP contribution in [0, 0.1) is 0 Å². The molecule has 0 unspecified atom stereocenters. The Hall–Kier alpha value is -1.04. The number of piperidine rings is 1. The summed E-state index contributed by atoms with van der Waals surface area (Å²) in [7, 11) is -1.43. The van der Waals surface area contributed by atoms with Crippen LogP contribution in [0.1, 0.15) is 19.3 Å². The van der Waals surface area contributed by atoms with Crippen LogP contribution in [0.25, 0.3) is 0 Å². The van der Waals surface area contributed by atoms with Crippen molar-refractivity contribution in [3.63, 3.8) is 0 Å². The summed E-state index contributed by atoms with van der Waals surface area (Å²) in [5.41, 5.74) is 0.463. The molecule has 0 bridgehead atoms. The van der Waals surface area contributed by atoms with Gasteiger partial charge in [-0.2, -0.15) is 0 Å². The molecule has 1 aromatic carbocycles. The molecule has 0 saturated carbocycles. The van der Waals surface area contributed by atoms with E-state index in [0.717, 1.165) is 6.54 Å². The number of ether oxygens (including phenoxy) is 1. The lowest BCUT2D eigenvalue weighted by atomic mass is 9.80. The highest BCUT2D eigenvalue weighted by Crippen LogP contribution is 2.10. The average molecular weight is 249 g/mol. The Kier molecular flexibility index (Phi) is 5.05. The minimum absolute atomic E-state index is 0.463. The molecule has 1 aromatic rings. The Labute approximate surface area is 108 Å². The molecule has 0 aliphatic carbocycles. The normalized spacial score (nSPS) is 16.6. The van der Waals surface area contributed by atoms with E-state index in [1.54, 1.807) is 18.2 Å². The minimum atomic E-state index is -1.43. The lowest BCUT2D eigenvalue weighted by molar-refractivity contribution is 0.183. The second kappa shape index (κ2) is 6.78. The second-order valence-corrected chi connectivity index (χ2v) is 4.70. The van der Waals surface area contributed by atoms with Gasteiger partial charge in [-0.1, -0.05) is 18.6 Å². The van der Waals surface area contributed by atoms with Gasteiger partial charge in [0.1, 0.15) is 12.4 Å². The summed E-state index contributed by atoms with van der Waals surface area (Å²) in [4.78, 5) is 2.41. The molecule has 1 saturated heterocycles. The molecule has 0 amide bonds. The first kappa shape index (κ1) is 13.4. The summed E-state index contributed by atoms with van der Waals surface area (Å²) in [6.45, 7) is 3.91. The molecule has 2 N–H and O–H groups in total. The van der Waals surface area contributed by atoms with E-state index in [9.17, 15) is 0 Å². The predicted octanol–water partition coefficient (Wildman–Crippen LogP) is 0.231. The van der Waals surface area contributed by atoms with Crippen molar-refractivity contribution in [2.75, 3.05) is 26.2 Å². The average Bonchev–Trinajstić information content (AvgIpc) is 2.40. The molecule has 5 heteroatoms. The molecule has 0 atom stereocenters. The van der Waals surface area contributed by atoms with Gasteiger partial charge in [-0.15, -0.1) is 0 Å². The largest absolute Gasteiger partial charge is 0.492 e. The van der Waals surface area contributed by atoms with Crippen molar-refractivity contribution < 1.29 is 14.8 Å². The number of rotatable bonds is 5. The zero-order chi connectivity index (χ0) is 12.8. The molecule has 0 aromatic heterocycles. The van der Waals surface area contributed by atoms with Gasteiger partial charge in [0, 0.05) is 6.54 Å². The van der Waals surface area contributed by atoms with E-state index in [-0.39, 0.29) is 0 Å². The van der Waals surface area contributed by atoms with Gasteiger partial charge in [0.15, 0.2) is 0 Å². The topological polar surface area (TPSA) is 52.9 Å². The number of hydrogen-bond acceptors (Lipinski definition) is 4. The first-order valence-electron chi connectivity index (χ1n) is 6.57. The number of nitrogens with zero attached hydrogens (tertiary/aromatic N) is 1. The van der Waals surface area contributed by atoms with Gasteiger partial charge in [0.05, 0.1) is 0 Å². The van der Waals surface area contributed by atoms with E-state index in [0.29, 0.717) is 17.8 Å². The van der Waals surface area contributed by atoms with Crippen molar-refractivity contribution in [2.24, 2.45) is 0 Å². The molecule has 18 heavy (non-hydrogen) atoms. The first-order chi connectivity index (χ1) is 8.75. The zero-order valence-corrected chi connectivity index (χ0v) is 10.6. The van der Waals surface area contributed by atoms with E-state index in [1.165, 1.54) is 32.4 Å². The highest BCUT2D eigenvalue weighted by atomic mass is 16.5. The molecule has 1 aliphatic rings. The molecule has 1 fully saturated rings. The van der Waals surface area contributed by atoms with Gasteiger partial charge in [0.25, 0.3) is 0 Å². The minimum Gasteiger partial charge on any atom is -0.492 e. The number of hydrogen-bond donors (Lipinski definition) is 2. The predicted molar refractivity (Wildman–Crippen MR) is 72.1 cm³/mol. The highest BCUT2D eigenvalue weighted by Gasteiger charge is 2.12. The van der Waals surface area contributed by atoms with Crippen LogP contribution >= 0.6 is 0 Å². The third-order valence-electron chi connectivity index (χ3n) is 3.28. The maximum atomic E-state index is 9.07. The lowest BCUT2D eigenvalue weighted by Gasteiger charge is -2.26. The van der Waals surface area contributed by atoms with Gasteiger partial charge < -0.3 is 14.8 Å². The Bertz CT molecular complexity index is 367. The Morgan fingerprint density at radius 1 is 1.17 bits per heavy atom. The smallest absolute Gasteiger partial charge is 0.488 e. The Morgan fingerprint density at radius 3 is 2.67 bits per heavy atom. The van der Waals surface area contributed by atoms with E-state index in [2.05, 4.69) is 4.90 Å². The van der Waals surface area contributed by atoms with Crippen LogP contribution in [0.5, 0.6) is 5.75 Å². The molecule has 1 heterocycles. The molecule has 98 valence electrons. The van der Waals surface area contributed by atoms with E-state index >= 15 is 0 Å². The van der Waals surface area contributed by atoms with E-state index in [1.807, 2.05) is 6.07 Å². The maximum Gasteiger partial charge on any atom is 0.488 e. The van der Waals surface area contributed by atoms with Gasteiger partial charge in [-0.3, -0.25) is 4.90 Å². The quantitative estimate of drug-likeness (QED) is 0.733. The Morgan fingerprint density at radius 2 is 1.94 bits per heavy atom. The van der Waals surface area contributed by atoms with Crippen molar-refractivity contribution in [2.45, 2.75) is 19.3 Å². The third-order valence-corrected chi connectivity index (χ3v) is 3.28. The number of likely N-dealkylation sites (tertiary alicyclic amines) is 1. The standard InChI is InChI=1S/C13H20BNO3/c16-14(17)12-5-4-6-13(11-12)18-10-9-15-7-2-1-3-8-15/h4-6,11,16-17H,1-3,7-10H2. The SMILES string of the molecule is OB(O)c1cccc(OCCN2CCCCC2)c1. The van der Waals surface area contributed by atoms with Gasteiger partial charge in [-0.05, 0) is 43.5 Å². The van der Waals surface area contributed by atoms with E-state index < -0.39 is 7.12 Å². The van der Waals surface area contributed by atoms with Crippen LogP contribution in [0.3, 0.4) is 0 Å². The van der Waals surface area contributed by atoms with Gasteiger partial charge in [-0.25, -0.2) is 0 Å². The molecular weight excluding hydrogens is 229 g/mol. The van der Waals surface area contributed by atoms with Crippen LogP contribution in [0.4, 0.5) is 0 Å². The van der Waals surface area contributed by atoms with Crippen molar-refractivity contribution in [1.29, 1.82) is 0 Å². The molecule has 0 radical (unpaired) electrons. The molecule has 1 aliphatic heterocycles. The first-order valence-corrected chi connectivity index (χ1v) is 6.57. The monoisotopic (exact) mass is 249 g/mol. The highest BCUT2D eigenvalue weighted by molar-refractivity contribution is 6.58. The summed E-state index contributed by atoms with van der Waals surface area (Å²) >= 11 is 0. The maximum absolute atomic E-state index is 9.07. The van der Waals surface area contributed by atoms with Crippen molar-refractivity contribution in [3.8, 4) is 5.75 Å². The van der Waals surface area contributed by atoms with Crippen molar-refractivity contribution >= 4 is 12.6 Å². The van der Waals surface area contributed by atoms with Crippen molar-refractivity contribution in [1.82, 2.24) is 4.90 Å². The molecule has 4 nitrogen and oxygen atoms in total. The third kappa shape index (κ3) is 4.01. The summed E-state index contributed by atoms with van der Waals surface area (Å²) in [5.74, 6) is 0.692. The fourth-order valence-electron chi connectivity index (χ4n) is 2.24. The number of benzene rings is 1. The molecule has 2 rings (SSSR count). The van der Waals surface area contributed by atoms with Crippen molar-refractivity contribution in [3.05, 3.63) is 24.3 Å². The fourth-order valence-corrected chi connectivity index (χ4v) is 2.24. The van der Waals surface area contributed by atoms with E-state index in [4.69, 9.17) is 14.8 Å². The summed E-state index contributed by atoms with van der Waals surface area (Å²) in [5, 5.41) is 18.1. The van der Waals surface area contributed by atoms with Gasteiger partial charge >= 0.3 is 7.12 Å². The molecule has 0 spiro atoms. The second-order valence-electron chi connectivity index (χ2n) is 4.70. The summed E-state index contributed by atoms with van der Waals surface area (Å²) in [6, 6.07) is 6.94. The van der Waals surface area contributed by atoms with Crippen LogP contribution in [-0.4, -0.2) is 48.3 Å². The van der Waals surface area contributed by atoms with Crippen LogP contribution in [0.2, 0.25) is 0 Å². The fraction of sp³-hybridized carbons (Fsp3) is 0.538. The lowest BCUT2D eigenvalue weighted by Crippen LogP contribution is -2.33. The summed E-state index contributed by atoms with van der Waals surface area (Å²) < 4.78 is 5.64. The van der Waals surface area contributed by atoms with Crippen LogP contribution in [-0.2, 0) is 0 Å². The summed E-state index contributed by atoms with van der Waals surface area (Å²) in [6.07, 6.45) is 3.91. The van der Waals surface area contributed by atoms with Crippen LogP contribution in [0.15, 0.2) is 24.3 Å². The van der Waals surface area contributed by atoms with Crippen LogP contribution < -0.4 is 10.2 Å². The molecular formula is C13H20BNO3.